The summed E-state index contributed by atoms with van der Waals surface area (Å²) in [5.41, 5.74) is 0. The molecule has 0 spiro atoms. The zero-order valence-corrected chi connectivity index (χ0v) is 7.62. The summed E-state index contributed by atoms with van der Waals surface area (Å²) in [6, 6.07) is 0. The fourth-order valence-electron chi connectivity index (χ4n) is 1.68. The first-order chi connectivity index (χ1) is 5.65. The highest BCUT2D eigenvalue weighted by Crippen LogP contribution is 2.29. The summed E-state index contributed by atoms with van der Waals surface area (Å²) in [5, 5.41) is 9.48. The summed E-state index contributed by atoms with van der Waals surface area (Å²) in [7, 11) is 1.40. The molecule has 1 fully saturated rings. The van der Waals surface area contributed by atoms with Crippen LogP contribution in [0.15, 0.2) is 0 Å². The quantitative estimate of drug-likeness (QED) is 0.599. The summed E-state index contributed by atoms with van der Waals surface area (Å²) in [6.45, 7) is 2.01. The molecule has 1 N–H and O–H groups in total. The van der Waals surface area contributed by atoms with Crippen LogP contribution in [0, 0.1) is 11.8 Å². The Morgan fingerprint density at radius 1 is 1.50 bits per heavy atom. The lowest BCUT2D eigenvalue weighted by Crippen LogP contribution is -2.31. The largest absolute Gasteiger partial charge is 0.469 e. The number of methoxy groups -OCH3 is 1. The highest BCUT2D eigenvalue weighted by atomic mass is 16.5. The van der Waals surface area contributed by atoms with E-state index in [9.17, 15) is 9.90 Å². The summed E-state index contributed by atoms with van der Waals surface area (Å²) in [5.74, 6) is 0.0630. The minimum atomic E-state index is -0.331. The van der Waals surface area contributed by atoms with Crippen molar-refractivity contribution in [3.05, 3.63) is 0 Å². The van der Waals surface area contributed by atoms with Crippen LogP contribution in [0.3, 0.4) is 0 Å². The van der Waals surface area contributed by atoms with Crippen molar-refractivity contribution < 1.29 is 14.6 Å². The number of carbonyl (C=O) groups is 1. The van der Waals surface area contributed by atoms with Crippen molar-refractivity contribution in [1.82, 2.24) is 0 Å². The van der Waals surface area contributed by atoms with E-state index in [2.05, 4.69) is 4.74 Å². The third-order valence-electron chi connectivity index (χ3n) is 2.69. The van der Waals surface area contributed by atoms with E-state index in [1.165, 1.54) is 7.11 Å². The van der Waals surface area contributed by atoms with Crippen LogP contribution in [0.4, 0.5) is 0 Å². The van der Waals surface area contributed by atoms with Crippen LogP contribution in [0.5, 0.6) is 0 Å². The van der Waals surface area contributed by atoms with E-state index in [0.29, 0.717) is 12.3 Å². The van der Waals surface area contributed by atoms with E-state index < -0.39 is 0 Å². The SMILES string of the molecule is COC(=O)C1CC[C@@H](C)C(O)C1. The Kier molecular flexibility index (Phi) is 3.09. The van der Waals surface area contributed by atoms with Crippen LogP contribution in [-0.4, -0.2) is 24.3 Å². The lowest BCUT2D eigenvalue weighted by atomic mass is 9.81. The number of aliphatic hydroxyl groups excluding tert-OH is 1. The molecule has 12 heavy (non-hydrogen) atoms. The molecular formula is C9H16O3. The van der Waals surface area contributed by atoms with Gasteiger partial charge in [-0.25, -0.2) is 0 Å². The van der Waals surface area contributed by atoms with E-state index in [1.54, 1.807) is 0 Å². The normalized spacial score (nSPS) is 36.1. The Morgan fingerprint density at radius 2 is 2.17 bits per heavy atom. The summed E-state index contributed by atoms with van der Waals surface area (Å²) in [6.07, 6.45) is 2.00. The second-order valence-electron chi connectivity index (χ2n) is 3.58. The first-order valence-electron chi connectivity index (χ1n) is 4.41. The van der Waals surface area contributed by atoms with Gasteiger partial charge in [0.2, 0.25) is 0 Å². The van der Waals surface area contributed by atoms with Gasteiger partial charge >= 0.3 is 5.97 Å². The van der Waals surface area contributed by atoms with Gasteiger partial charge in [-0.05, 0) is 25.2 Å². The number of carbonyl (C=O) groups excluding carboxylic acids is 1. The molecule has 0 bridgehead atoms. The van der Waals surface area contributed by atoms with Crippen molar-refractivity contribution in [3.8, 4) is 0 Å². The molecule has 0 radical (unpaired) electrons. The summed E-state index contributed by atoms with van der Waals surface area (Å²) < 4.78 is 4.62. The van der Waals surface area contributed by atoms with Gasteiger partial charge in [0.15, 0.2) is 0 Å². The van der Waals surface area contributed by atoms with Crippen LogP contribution < -0.4 is 0 Å². The standard InChI is InChI=1S/C9H16O3/c1-6-3-4-7(5-8(6)10)9(11)12-2/h6-8,10H,3-5H2,1-2H3/t6-,7?,8?/m1/s1. The summed E-state index contributed by atoms with van der Waals surface area (Å²) in [4.78, 5) is 11.1. The molecule has 0 aliphatic heterocycles. The Morgan fingerprint density at radius 3 is 2.67 bits per heavy atom. The maximum atomic E-state index is 11.1. The van der Waals surface area contributed by atoms with Gasteiger partial charge < -0.3 is 9.84 Å². The van der Waals surface area contributed by atoms with Crippen LogP contribution in [0.1, 0.15) is 26.2 Å². The average molecular weight is 172 g/mol. The lowest BCUT2D eigenvalue weighted by Gasteiger charge is -2.29. The molecule has 3 nitrogen and oxygen atoms in total. The lowest BCUT2D eigenvalue weighted by molar-refractivity contribution is -0.148. The van der Waals surface area contributed by atoms with Gasteiger partial charge in [0, 0.05) is 0 Å². The first-order valence-corrected chi connectivity index (χ1v) is 4.41. The molecule has 70 valence electrons. The third-order valence-corrected chi connectivity index (χ3v) is 2.69. The number of esters is 1. The van der Waals surface area contributed by atoms with Crippen molar-refractivity contribution in [3.63, 3.8) is 0 Å². The van der Waals surface area contributed by atoms with E-state index >= 15 is 0 Å². The topological polar surface area (TPSA) is 46.5 Å². The molecule has 1 aliphatic rings. The smallest absolute Gasteiger partial charge is 0.308 e. The molecule has 2 unspecified atom stereocenters. The molecule has 0 heterocycles. The van der Waals surface area contributed by atoms with Crippen molar-refractivity contribution in [1.29, 1.82) is 0 Å². The van der Waals surface area contributed by atoms with Crippen LogP contribution in [0.2, 0.25) is 0 Å². The fraction of sp³-hybridized carbons (Fsp3) is 0.889. The molecule has 0 aromatic rings. The zero-order chi connectivity index (χ0) is 9.14. The minimum Gasteiger partial charge on any atom is -0.469 e. The number of rotatable bonds is 1. The molecule has 0 amide bonds. The van der Waals surface area contributed by atoms with Gasteiger partial charge in [-0.15, -0.1) is 0 Å². The van der Waals surface area contributed by atoms with Crippen molar-refractivity contribution in [2.45, 2.75) is 32.3 Å². The number of aliphatic hydroxyl groups is 1. The molecule has 3 atom stereocenters. The number of hydrogen-bond donors (Lipinski definition) is 1. The van der Waals surface area contributed by atoms with Gasteiger partial charge in [-0.2, -0.15) is 0 Å². The van der Waals surface area contributed by atoms with Gasteiger partial charge in [0.25, 0.3) is 0 Å². The van der Waals surface area contributed by atoms with Crippen LogP contribution >= 0.6 is 0 Å². The molecule has 0 aromatic heterocycles. The van der Waals surface area contributed by atoms with Gasteiger partial charge in [-0.1, -0.05) is 6.92 Å². The highest BCUT2D eigenvalue weighted by molar-refractivity contribution is 5.72. The average Bonchev–Trinajstić information content (AvgIpc) is 2.08. The van der Waals surface area contributed by atoms with Crippen LogP contribution in [-0.2, 0) is 9.53 Å². The van der Waals surface area contributed by atoms with E-state index in [1.807, 2.05) is 6.92 Å². The van der Waals surface area contributed by atoms with Crippen LogP contribution in [0.25, 0.3) is 0 Å². The van der Waals surface area contributed by atoms with Crippen molar-refractivity contribution >= 4 is 5.97 Å². The maximum absolute atomic E-state index is 11.1. The Balaban J connectivity index is 2.45. The second-order valence-corrected chi connectivity index (χ2v) is 3.58. The predicted molar refractivity (Wildman–Crippen MR) is 44.5 cm³/mol. The molecular weight excluding hydrogens is 156 g/mol. The van der Waals surface area contributed by atoms with Crippen molar-refractivity contribution in [2.75, 3.05) is 7.11 Å². The summed E-state index contributed by atoms with van der Waals surface area (Å²) >= 11 is 0. The molecule has 0 aromatic carbocycles. The fourth-order valence-corrected chi connectivity index (χ4v) is 1.68. The van der Waals surface area contributed by atoms with E-state index in [4.69, 9.17) is 0 Å². The Hall–Kier alpha value is -0.570. The zero-order valence-electron chi connectivity index (χ0n) is 7.62. The molecule has 1 saturated carbocycles. The third kappa shape index (κ3) is 1.97. The first kappa shape index (κ1) is 9.52. The molecule has 0 saturated heterocycles. The van der Waals surface area contributed by atoms with Gasteiger partial charge in [0.1, 0.15) is 0 Å². The van der Waals surface area contributed by atoms with E-state index in [-0.39, 0.29) is 18.0 Å². The predicted octanol–water partition coefficient (Wildman–Crippen LogP) is 0.956. The Labute approximate surface area is 72.7 Å². The monoisotopic (exact) mass is 172 g/mol. The molecule has 3 heteroatoms. The van der Waals surface area contributed by atoms with E-state index in [0.717, 1.165) is 12.8 Å². The Bertz CT molecular complexity index is 167. The maximum Gasteiger partial charge on any atom is 0.308 e. The molecule has 1 rings (SSSR count). The van der Waals surface area contributed by atoms with Crippen molar-refractivity contribution in [2.24, 2.45) is 11.8 Å². The van der Waals surface area contributed by atoms with Gasteiger partial charge in [0.05, 0.1) is 19.1 Å². The van der Waals surface area contributed by atoms with Gasteiger partial charge in [-0.3, -0.25) is 4.79 Å². The number of ether oxygens (including phenoxy) is 1. The second kappa shape index (κ2) is 3.90. The number of hydrogen-bond acceptors (Lipinski definition) is 3. The molecule has 1 aliphatic carbocycles. The highest BCUT2D eigenvalue weighted by Gasteiger charge is 2.30. The minimum absolute atomic E-state index is 0.0822.